The highest BCUT2D eigenvalue weighted by Gasteiger charge is 2.14. The van der Waals surface area contributed by atoms with Crippen LogP contribution in [-0.2, 0) is 11.3 Å². The number of nitrogens with one attached hydrogen (secondary N) is 1. The molecule has 0 radical (unpaired) electrons. The van der Waals surface area contributed by atoms with E-state index in [-0.39, 0.29) is 10.6 Å². The Morgan fingerprint density at radius 3 is 2.76 bits per heavy atom. The lowest BCUT2D eigenvalue weighted by atomic mass is 10.2. The number of nitrogens with zero attached hydrogens (tertiary/aromatic N) is 2. The summed E-state index contributed by atoms with van der Waals surface area (Å²) < 4.78 is 5.22. The molecule has 1 N–H and O–H groups in total. The van der Waals surface area contributed by atoms with Crippen LogP contribution < -0.4 is 5.43 Å². The number of morpholine rings is 1. The predicted molar refractivity (Wildman–Crippen MR) is 62.3 cm³/mol. The Balaban J connectivity index is 1.96. The molecule has 0 bridgehead atoms. The molecule has 1 saturated heterocycles. The van der Waals surface area contributed by atoms with Crippen molar-refractivity contribution in [1.29, 1.82) is 0 Å². The molecule has 17 heavy (non-hydrogen) atoms. The van der Waals surface area contributed by atoms with Crippen LogP contribution in [0.5, 0.6) is 0 Å². The summed E-state index contributed by atoms with van der Waals surface area (Å²) in [7, 11) is 0. The van der Waals surface area contributed by atoms with E-state index < -0.39 is 0 Å². The van der Waals surface area contributed by atoms with Gasteiger partial charge in [-0.3, -0.25) is 15.5 Å². The molecule has 1 aromatic rings. The third-order valence-corrected chi connectivity index (χ3v) is 2.69. The minimum absolute atomic E-state index is 0.160. The predicted octanol–water partition coefficient (Wildman–Crippen LogP) is 0.932. The van der Waals surface area contributed by atoms with Gasteiger partial charge in [-0.1, -0.05) is 18.2 Å². The molecule has 92 valence electrons. The maximum atomic E-state index is 10.8. The largest absolute Gasteiger partial charge is 0.379 e. The van der Waals surface area contributed by atoms with Crippen LogP contribution in [0.1, 0.15) is 5.56 Å². The smallest absolute Gasteiger partial charge is 0.273 e. The SMILES string of the molecule is O=[N+]([O-])c1ccccc1CNN1CCOCC1. The fraction of sp³-hybridized carbons (Fsp3) is 0.455. The number of ether oxygens (including phenoxy) is 1. The normalized spacial score (nSPS) is 16.9. The standard InChI is InChI=1S/C11H15N3O3/c15-14(16)11-4-2-1-3-10(11)9-12-13-5-7-17-8-6-13/h1-4,12H,5-9H2. The van der Waals surface area contributed by atoms with E-state index in [1.165, 1.54) is 6.07 Å². The van der Waals surface area contributed by atoms with Gasteiger partial charge in [0.15, 0.2) is 0 Å². The molecule has 0 atom stereocenters. The molecule has 6 heteroatoms. The Morgan fingerprint density at radius 2 is 2.06 bits per heavy atom. The minimum atomic E-state index is -0.351. The average Bonchev–Trinajstić information content (AvgIpc) is 2.38. The molecule has 6 nitrogen and oxygen atoms in total. The summed E-state index contributed by atoms with van der Waals surface area (Å²) in [5, 5.41) is 12.8. The van der Waals surface area contributed by atoms with Crippen LogP contribution >= 0.6 is 0 Å². The van der Waals surface area contributed by atoms with E-state index in [0.29, 0.717) is 25.3 Å². The average molecular weight is 237 g/mol. The zero-order valence-electron chi connectivity index (χ0n) is 9.46. The first-order chi connectivity index (χ1) is 8.27. The van der Waals surface area contributed by atoms with Gasteiger partial charge in [-0.2, -0.15) is 0 Å². The molecule has 0 unspecified atom stereocenters. The Morgan fingerprint density at radius 1 is 1.35 bits per heavy atom. The van der Waals surface area contributed by atoms with Gasteiger partial charge in [0.1, 0.15) is 0 Å². The number of rotatable bonds is 4. The number of hydrogen-bond donors (Lipinski definition) is 1. The number of benzene rings is 1. The summed E-state index contributed by atoms with van der Waals surface area (Å²) in [6, 6.07) is 6.78. The summed E-state index contributed by atoms with van der Waals surface area (Å²) in [4.78, 5) is 10.5. The van der Waals surface area contributed by atoms with Gasteiger partial charge in [0.05, 0.1) is 18.1 Å². The fourth-order valence-electron chi connectivity index (χ4n) is 1.76. The van der Waals surface area contributed by atoms with E-state index in [0.717, 1.165) is 13.1 Å². The molecule has 0 spiro atoms. The summed E-state index contributed by atoms with van der Waals surface area (Å²) in [6.07, 6.45) is 0. The van der Waals surface area contributed by atoms with Gasteiger partial charge < -0.3 is 4.74 Å². The molecule has 1 aliphatic rings. The minimum Gasteiger partial charge on any atom is -0.379 e. The fourth-order valence-corrected chi connectivity index (χ4v) is 1.76. The Hall–Kier alpha value is -1.50. The molecule has 0 aliphatic carbocycles. The lowest BCUT2D eigenvalue weighted by molar-refractivity contribution is -0.385. The van der Waals surface area contributed by atoms with Gasteiger partial charge in [0.25, 0.3) is 5.69 Å². The van der Waals surface area contributed by atoms with Gasteiger partial charge in [0, 0.05) is 31.3 Å². The van der Waals surface area contributed by atoms with Crippen molar-refractivity contribution in [1.82, 2.24) is 10.4 Å². The summed E-state index contributed by atoms with van der Waals surface area (Å²) in [5.74, 6) is 0. The Kier molecular flexibility index (Phi) is 4.03. The van der Waals surface area contributed by atoms with Gasteiger partial charge in [-0.05, 0) is 0 Å². The third kappa shape index (κ3) is 3.23. The van der Waals surface area contributed by atoms with E-state index in [4.69, 9.17) is 4.74 Å². The quantitative estimate of drug-likeness (QED) is 0.623. The molecule has 1 aliphatic heterocycles. The lowest BCUT2D eigenvalue weighted by Crippen LogP contribution is -2.45. The number of hydrazine groups is 1. The van der Waals surface area contributed by atoms with Gasteiger partial charge >= 0.3 is 0 Å². The Labute approximate surface area is 99.3 Å². The van der Waals surface area contributed by atoms with Gasteiger partial charge in [-0.25, -0.2) is 5.01 Å². The Bertz CT molecular complexity index is 391. The second-order valence-corrected chi connectivity index (χ2v) is 3.82. The van der Waals surface area contributed by atoms with Crippen LogP contribution in [0, 0.1) is 10.1 Å². The number of para-hydroxylation sites is 1. The number of hydrogen-bond acceptors (Lipinski definition) is 5. The van der Waals surface area contributed by atoms with Crippen molar-refractivity contribution >= 4 is 5.69 Å². The second kappa shape index (κ2) is 5.72. The van der Waals surface area contributed by atoms with Gasteiger partial charge in [0.2, 0.25) is 0 Å². The molecule has 1 aromatic carbocycles. The topological polar surface area (TPSA) is 67.6 Å². The van der Waals surface area contributed by atoms with Crippen molar-refractivity contribution in [2.24, 2.45) is 0 Å². The second-order valence-electron chi connectivity index (χ2n) is 3.82. The highest BCUT2D eigenvalue weighted by atomic mass is 16.6. The van der Waals surface area contributed by atoms with Crippen LogP contribution in [0.2, 0.25) is 0 Å². The molecule has 0 aromatic heterocycles. The van der Waals surface area contributed by atoms with Crippen LogP contribution in [0.3, 0.4) is 0 Å². The van der Waals surface area contributed by atoms with Crippen molar-refractivity contribution in [3.8, 4) is 0 Å². The molecule has 2 rings (SSSR count). The van der Waals surface area contributed by atoms with Crippen LogP contribution in [0.15, 0.2) is 24.3 Å². The van der Waals surface area contributed by atoms with E-state index in [1.54, 1.807) is 12.1 Å². The van der Waals surface area contributed by atoms with E-state index in [9.17, 15) is 10.1 Å². The monoisotopic (exact) mass is 237 g/mol. The summed E-state index contributed by atoms with van der Waals surface area (Å²) >= 11 is 0. The van der Waals surface area contributed by atoms with Gasteiger partial charge in [-0.15, -0.1) is 0 Å². The van der Waals surface area contributed by atoms with Crippen LogP contribution in [-0.4, -0.2) is 36.2 Å². The molecule has 0 saturated carbocycles. The zero-order chi connectivity index (χ0) is 12.1. The van der Waals surface area contributed by atoms with Crippen molar-refractivity contribution in [3.05, 3.63) is 39.9 Å². The lowest BCUT2D eigenvalue weighted by Gasteiger charge is -2.27. The highest BCUT2D eigenvalue weighted by Crippen LogP contribution is 2.17. The van der Waals surface area contributed by atoms with E-state index in [1.807, 2.05) is 11.1 Å². The van der Waals surface area contributed by atoms with Crippen molar-refractivity contribution in [3.63, 3.8) is 0 Å². The summed E-state index contributed by atoms with van der Waals surface area (Å²) in [6.45, 7) is 3.48. The molecule has 1 heterocycles. The maximum Gasteiger partial charge on any atom is 0.273 e. The first-order valence-electron chi connectivity index (χ1n) is 5.56. The molecule has 1 fully saturated rings. The molecular weight excluding hydrogens is 222 g/mol. The zero-order valence-corrected chi connectivity index (χ0v) is 9.46. The first-order valence-corrected chi connectivity index (χ1v) is 5.56. The third-order valence-electron chi connectivity index (χ3n) is 2.69. The van der Waals surface area contributed by atoms with Crippen molar-refractivity contribution in [2.75, 3.05) is 26.3 Å². The first kappa shape index (κ1) is 12.0. The number of nitro groups is 1. The van der Waals surface area contributed by atoms with Crippen LogP contribution in [0.25, 0.3) is 0 Å². The van der Waals surface area contributed by atoms with Crippen LogP contribution in [0.4, 0.5) is 5.69 Å². The highest BCUT2D eigenvalue weighted by molar-refractivity contribution is 5.39. The molecule has 0 amide bonds. The van der Waals surface area contributed by atoms with E-state index >= 15 is 0 Å². The molecular formula is C11H15N3O3. The van der Waals surface area contributed by atoms with Crippen molar-refractivity contribution in [2.45, 2.75) is 6.54 Å². The number of nitro benzene ring substituents is 1. The van der Waals surface area contributed by atoms with Crippen molar-refractivity contribution < 1.29 is 9.66 Å². The maximum absolute atomic E-state index is 10.8. The van der Waals surface area contributed by atoms with E-state index in [2.05, 4.69) is 5.43 Å². The summed E-state index contributed by atoms with van der Waals surface area (Å²) in [5.41, 5.74) is 4.04.